The lowest BCUT2D eigenvalue weighted by Gasteiger charge is -2.21. The number of carbonyl (C=O) groups excluding carboxylic acids is 2. The molecule has 116 valence electrons. The van der Waals surface area contributed by atoms with Gasteiger partial charge in [0, 0.05) is 10.8 Å². The molecule has 0 radical (unpaired) electrons. The summed E-state index contributed by atoms with van der Waals surface area (Å²) in [5.74, 6) is -0.714. The molecular formula is C14H24N4O2Si. The Morgan fingerprint density at radius 2 is 1.00 bits per heavy atom. The maximum Gasteiger partial charge on any atom is 0.327 e. The first-order chi connectivity index (χ1) is 9.21. The normalized spacial score (nSPS) is 12.2. The second-order valence-corrected chi connectivity index (χ2v) is 11.9. The Balaban J connectivity index is 6.08. The summed E-state index contributed by atoms with van der Waals surface area (Å²) in [7, 11) is -3.01. The number of nitrogens with zero attached hydrogens (tertiary/aromatic N) is 4. The molecule has 0 bridgehead atoms. The first-order valence-corrected chi connectivity index (χ1v) is 9.76. The molecule has 0 rings (SSSR count). The number of rotatable bonds is 4. The van der Waals surface area contributed by atoms with Gasteiger partial charge in [0.15, 0.2) is 0 Å². The van der Waals surface area contributed by atoms with Crippen molar-refractivity contribution in [3.05, 3.63) is 11.1 Å². The Hall–Kier alpha value is -1.68. The van der Waals surface area contributed by atoms with Gasteiger partial charge in [-0.05, 0) is 13.1 Å². The highest BCUT2D eigenvalue weighted by atomic mass is 28.3. The molecule has 21 heavy (non-hydrogen) atoms. The predicted octanol–water partition coefficient (Wildman–Crippen LogP) is 2.35. The summed E-state index contributed by atoms with van der Waals surface area (Å²) in [5.41, 5.74) is 17.1. The van der Waals surface area contributed by atoms with Crippen LogP contribution in [0.5, 0.6) is 0 Å². The molecule has 0 saturated heterocycles. The van der Waals surface area contributed by atoms with Crippen LogP contribution in [0.25, 0.3) is 11.1 Å². The molecule has 0 amide bonds. The minimum absolute atomic E-state index is 0.0691. The summed E-state index contributed by atoms with van der Waals surface area (Å²) in [6.07, 6.45) is 0. The van der Waals surface area contributed by atoms with E-state index in [4.69, 9.17) is 0 Å². The van der Waals surface area contributed by atoms with Crippen molar-refractivity contribution in [3.63, 3.8) is 0 Å². The van der Waals surface area contributed by atoms with E-state index in [1.54, 1.807) is 54.6 Å². The molecule has 0 spiro atoms. The van der Waals surface area contributed by atoms with Crippen molar-refractivity contribution in [3.8, 4) is 0 Å². The van der Waals surface area contributed by atoms with Gasteiger partial charge in [-0.1, -0.05) is 41.5 Å². The SMILES string of the molecule is CC(C)(C)C(=O)C(=[N+]=[N-])[Si](C)(C)C(=[N+]=[N-])C(=O)C(C)(C)C. The standard InChI is InChI=1S/C14H24N4O2Si/c1-13(2,3)9(19)11(17-15)21(7,8)12(18-16)10(20)14(4,5)6/h1-8H3. The van der Waals surface area contributed by atoms with E-state index in [1.165, 1.54) is 0 Å². The quantitative estimate of drug-likeness (QED) is 0.344. The van der Waals surface area contributed by atoms with E-state index in [0.29, 0.717) is 0 Å². The fraction of sp³-hybridized carbons (Fsp3) is 0.714. The van der Waals surface area contributed by atoms with E-state index < -0.39 is 18.9 Å². The second-order valence-electron chi connectivity index (χ2n) is 7.68. The first-order valence-electron chi connectivity index (χ1n) is 6.76. The summed E-state index contributed by atoms with van der Waals surface area (Å²) in [6.45, 7) is 13.5. The van der Waals surface area contributed by atoms with Crippen LogP contribution >= 0.6 is 0 Å². The molecule has 0 aromatic heterocycles. The topological polar surface area (TPSA) is 107 Å². The van der Waals surface area contributed by atoms with Gasteiger partial charge in [0.2, 0.25) is 11.6 Å². The summed E-state index contributed by atoms with van der Waals surface area (Å²) < 4.78 is 0. The van der Waals surface area contributed by atoms with Crippen LogP contribution in [0.2, 0.25) is 13.1 Å². The van der Waals surface area contributed by atoms with Crippen LogP contribution in [0.1, 0.15) is 41.5 Å². The maximum absolute atomic E-state index is 12.4. The molecule has 7 heteroatoms. The van der Waals surface area contributed by atoms with Crippen molar-refractivity contribution >= 4 is 30.3 Å². The fourth-order valence-electron chi connectivity index (χ4n) is 1.73. The Labute approximate surface area is 126 Å². The highest BCUT2D eigenvalue weighted by molar-refractivity contribution is 7.33. The van der Waals surface area contributed by atoms with Gasteiger partial charge in [-0.3, -0.25) is 9.59 Å². The van der Waals surface area contributed by atoms with Crippen LogP contribution in [0, 0.1) is 10.8 Å². The molecule has 0 aliphatic heterocycles. The van der Waals surface area contributed by atoms with E-state index in [9.17, 15) is 20.7 Å². The zero-order valence-corrected chi connectivity index (χ0v) is 15.1. The van der Waals surface area contributed by atoms with Crippen molar-refractivity contribution in [2.24, 2.45) is 10.8 Å². The largest absolute Gasteiger partial charge is 0.362 e. The van der Waals surface area contributed by atoms with Crippen LogP contribution in [0.3, 0.4) is 0 Å². The monoisotopic (exact) mass is 308 g/mol. The van der Waals surface area contributed by atoms with Crippen LogP contribution in [0.15, 0.2) is 0 Å². The molecule has 0 heterocycles. The first kappa shape index (κ1) is 19.3. The van der Waals surface area contributed by atoms with Crippen LogP contribution < -0.4 is 0 Å². The zero-order chi connectivity index (χ0) is 17.2. The molecule has 0 N–H and O–H groups in total. The smallest absolute Gasteiger partial charge is 0.327 e. The lowest BCUT2D eigenvalue weighted by molar-refractivity contribution is -0.123. The third kappa shape index (κ3) is 4.14. The highest BCUT2D eigenvalue weighted by Crippen LogP contribution is 2.23. The summed E-state index contributed by atoms with van der Waals surface area (Å²) in [6, 6.07) is 0. The van der Waals surface area contributed by atoms with Gasteiger partial charge in [0.1, 0.15) is 0 Å². The van der Waals surface area contributed by atoms with Gasteiger partial charge in [-0.2, -0.15) is 9.58 Å². The number of hydrogen-bond donors (Lipinski definition) is 0. The van der Waals surface area contributed by atoms with E-state index in [-0.39, 0.29) is 22.2 Å². The molecule has 0 saturated carbocycles. The number of hydrogen-bond acceptors (Lipinski definition) is 2. The van der Waals surface area contributed by atoms with Crippen molar-refractivity contribution < 1.29 is 19.2 Å². The second kappa shape index (κ2) is 5.98. The third-order valence-corrected chi connectivity index (χ3v) is 6.20. The summed E-state index contributed by atoms with van der Waals surface area (Å²) in [5, 5.41) is -0.138. The highest BCUT2D eigenvalue weighted by Gasteiger charge is 2.57. The molecule has 0 aromatic carbocycles. The van der Waals surface area contributed by atoms with E-state index in [0.717, 1.165) is 0 Å². The average Bonchev–Trinajstić information content (AvgIpc) is 2.27. The van der Waals surface area contributed by atoms with Crippen molar-refractivity contribution in [2.75, 3.05) is 0 Å². The lowest BCUT2D eigenvalue weighted by Crippen LogP contribution is -2.58. The van der Waals surface area contributed by atoms with Crippen molar-refractivity contribution in [1.29, 1.82) is 0 Å². The van der Waals surface area contributed by atoms with Gasteiger partial charge in [0.05, 0.1) is 0 Å². The molecule has 0 unspecified atom stereocenters. The Kier molecular flexibility index (Phi) is 5.50. The number of carbonyl (C=O) groups is 2. The zero-order valence-electron chi connectivity index (χ0n) is 14.1. The van der Waals surface area contributed by atoms with E-state index in [2.05, 4.69) is 9.58 Å². The van der Waals surface area contributed by atoms with E-state index in [1.807, 2.05) is 0 Å². The molecule has 0 aliphatic rings. The molecular weight excluding hydrogens is 284 g/mol. The molecule has 0 aliphatic carbocycles. The predicted molar refractivity (Wildman–Crippen MR) is 83.7 cm³/mol. The van der Waals surface area contributed by atoms with Crippen molar-refractivity contribution in [1.82, 2.24) is 0 Å². The van der Waals surface area contributed by atoms with Crippen LogP contribution in [-0.4, -0.2) is 39.9 Å². The molecule has 0 fully saturated rings. The Morgan fingerprint density at radius 3 is 1.14 bits per heavy atom. The van der Waals surface area contributed by atoms with Gasteiger partial charge in [0.25, 0.3) is 0 Å². The van der Waals surface area contributed by atoms with Crippen LogP contribution in [-0.2, 0) is 9.59 Å². The van der Waals surface area contributed by atoms with Gasteiger partial charge < -0.3 is 11.1 Å². The third-order valence-electron chi connectivity index (χ3n) is 3.18. The number of ketones is 2. The summed E-state index contributed by atoms with van der Waals surface area (Å²) >= 11 is 0. The van der Waals surface area contributed by atoms with Gasteiger partial charge in [-0.15, -0.1) is 0 Å². The molecule has 6 nitrogen and oxygen atoms in total. The molecule has 0 atom stereocenters. The van der Waals surface area contributed by atoms with Gasteiger partial charge in [-0.25, -0.2) is 0 Å². The minimum atomic E-state index is -3.01. The Bertz CT molecular complexity index is 517. The van der Waals surface area contributed by atoms with Crippen LogP contribution in [0.4, 0.5) is 0 Å². The maximum atomic E-state index is 12.4. The fourth-order valence-corrected chi connectivity index (χ4v) is 4.34. The number of Topliss-reactive ketones (excluding diaryl/α,β-unsaturated/α-hetero) is 2. The van der Waals surface area contributed by atoms with Gasteiger partial charge >= 0.3 is 18.7 Å². The Morgan fingerprint density at radius 1 is 0.762 bits per heavy atom. The van der Waals surface area contributed by atoms with Crippen molar-refractivity contribution in [2.45, 2.75) is 54.6 Å². The average molecular weight is 308 g/mol. The molecule has 0 aromatic rings. The van der Waals surface area contributed by atoms with E-state index >= 15 is 0 Å². The summed E-state index contributed by atoms with van der Waals surface area (Å²) in [4.78, 5) is 31.2. The lowest BCUT2D eigenvalue weighted by atomic mass is 9.91. The minimum Gasteiger partial charge on any atom is -0.362 e.